The van der Waals surface area contributed by atoms with E-state index in [1.54, 1.807) is 13.8 Å². The maximum absolute atomic E-state index is 15.2. The van der Waals surface area contributed by atoms with Crippen LogP contribution in [0.4, 0.5) is 17.6 Å². The molecular weight excluding hydrogens is 452 g/mol. The number of halogens is 5. The Labute approximate surface area is 186 Å². The molecule has 1 aromatic heterocycles. The molecule has 11 heteroatoms. The first-order valence-corrected chi connectivity index (χ1v) is 10.2. The van der Waals surface area contributed by atoms with Crippen LogP contribution in [-0.4, -0.2) is 16.8 Å². The third kappa shape index (κ3) is 5.36. The molecule has 0 aliphatic carbocycles. The maximum Gasteiger partial charge on any atom is 0.417 e. The molecule has 3 rings (SSSR count). The number of alkyl halides is 3. The number of hydrogen-bond donors (Lipinski definition) is 3. The first kappa shape index (κ1) is 23.9. The number of pyridine rings is 1. The largest absolute Gasteiger partial charge is 0.417 e. The molecule has 0 spiro atoms. The van der Waals surface area contributed by atoms with E-state index in [9.17, 15) is 22.8 Å². The molecule has 2 heterocycles. The summed E-state index contributed by atoms with van der Waals surface area (Å²) in [5, 5.41) is 8.23. The van der Waals surface area contributed by atoms with Crippen molar-refractivity contribution in [1.29, 1.82) is 0 Å². The Morgan fingerprint density at radius 3 is 2.59 bits per heavy atom. The second-order valence-corrected chi connectivity index (χ2v) is 8.11. The number of carbonyl (C=O) groups is 2. The predicted octanol–water partition coefficient (Wildman–Crippen LogP) is 4.01. The molecule has 32 heavy (non-hydrogen) atoms. The molecule has 0 radical (unpaired) electrons. The van der Waals surface area contributed by atoms with E-state index in [2.05, 4.69) is 20.9 Å². The fraction of sp³-hybridized carbons (Fsp3) is 0.381. The Morgan fingerprint density at radius 1 is 1.28 bits per heavy atom. The van der Waals surface area contributed by atoms with E-state index in [1.165, 1.54) is 18.2 Å². The number of aromatic nitrogens is 1. The molecule has 1 fully saturated rings. The van der Waals surface area contributed by atoms with Crippen LogP contribution >= 0.6 is 11.6 Å². The topological polar surface area (TPSA) is 83.1 Å². The van der Waals surface area contributed by atoms with Crippen LogP contribution in [0.5, 0.6) is 0 Å². The first-order chi connectivity index (χ1) is 15.0. The van der Waals surface area contributed by atoms with Crippen molar-refractivity contribution in [1.82, 2.24) is 20.9 Å². The molecule has 2 amide bonds. The van der Waals surface area contributed by atoms with Gasteiger partial charge in [0, 0.05) is 36.2 Å². The highest BCUT2D eigenvalue weighted by Crippen LogP contribution is 2.33. The fourth-order valence-corrected chi connectivity index (χ4v) is 3.49. The summed E-state index contributed by atoms with van der Waals surface area (Å²) in [6.45, 7) is 3.34. The van der Waals surface area contributed by atoms with Gasteiger partial charge in [-0.15, -0.1) is 0 Å². The average Bonchev–Trinajstić information content (AvgIpc) is 2.72. The number of nitrogens with one attached hydrogen (secondary N) is 3. The van der Waals surface area contributed by atoms with Gasteiger partial charge in [-0.1, -0.05) is 31.5 Å². The summed E-state index contributed by atoms with van der Waals surface area (Å²) >= 11 is 6.20. The van der Waals surface area contributed by atoms with Crippen molar-refractivity contribution in [3.63, 3.8) is 0 Å². The Kier molecular flexibility index (Phi) is 7.04. The minimum Gasteiger partial charge on any atom is -0.352 e. The minimum atomic E-state index is -4.53. The van der Waals surface area contributed by atoms with E-state index < -0.39 is 35.7 Å². The predicted molar refractivity (Wildman–Crippen MR) is 109 cm³/mol. The van der Waals surface area contributed by atoms with Crippen molar-refractivity contribution in [3.8, 4) is 0 Å². The molecule has 0 bridgehead atoms. The van der Waals surface area contributed by atoms with E-state index in [-0.39, 0.29) is 46.6 Å². The Hall–Kier alpha value is -2.72. The number of nitrogens with zero attached hydrogens (tertiary/aromatic N) is 1. The lowest BCUT2D eigenvalue weighted by Gasteiger charge is -2.32. The van der Waals surface area contributed by atoms with Gasteiger partial charge in [0.15, 0.2) is 0 Å². The number of rotatable bonds is 5. The first-order valence-electron chi connectivity index (χ1n) is 9.80. The zero-order chi connectivity index (χ0) is 23.6. The quantitative estimate of drug-likeness (QED) is 0.574. The van der Waals surface area contributed by atoms with Gasteiger partial charge in [-0.2, -0.15) is 13.2 Å². The second kappa shape index (κ2) is 9.41. The highest BCUT2D eigenvalue weighted by atomic mass is 35.5. The van der Waals surface area contributed by atoms with E-state index in [1.807, 2.05) is 0 Å². The molecule has 3 N–H and O–H groups in total. The molecule has 2 unspecified atom stereocenters. The second-order valence-electron chi connectivity index (χ2n) is 7.70. The Bertz CT molecular complexity index is 1010. The van der Waals surface area contributed by atoms with Crippen molar-refractivity contribution in [2.24, 2.45) is 5.92 Å². The highest BCUT2D eigenvalue weighted by molar-refractivity contribution is 6.31. The molecule has 1 aromatic carbocycles. The molecule has 2 atom stereocenters. The zero-order valence-corrected chi connectivity index (χ0v) is 17.9. The third-order valence-electron chi connectivity index (χ3n) is 5.01. The molecule has 1 saturated heterocycles. The number of amides is 2. The van der Waals surface area contributed by atoms with Crippen molar-refractivity contribution in [3.05, 3.63) is 63.7 Å². The van der Waals surface area contributed by atoms with Gasteiger partial charge < -0.3 is 10.6 Å². The summed E-state index contributed by atoms with van der Waals surface area (Å²) in [4.78, 5) is 27.9. The van der Waals surface area contributed by atoms with Crippen molar-refractivity contribution in [2.45, 2.75) is 45.2 Å². The lowest BCUT2D eigenvalue weighted by atomic mass is 10.0. The summed E-state index contributed by atoms with van der Waals surface area (Å²) in [6, 6.07) is 4.17. The molecule has 1 aliphatic rings. The van der Waals surface area contributed by atoms with Gasteiger partial charge in [-0.3, -0.25) is 19.9 Å². The summed E-state index contributed by atoms with van der Waals surface area (Å²) in [7, 11) is 0. The van der Waals surface area contributed by atoms with Crippen LogP contribution in [0.1, 0.15) is 54.9 Å². The van der Waals surface area contributed by atoms with Crippen LogP contribution in [0, 0.1) is 11.7 Å². The van der Waals surface area contributed by atoms with Crippen LogP contribution in [0.25, 0.3) is 0 Å². The van der Waals surface area contributed by atoms with Gasteiger partial charge in [-0.25, -0.2) is 4.39 Å². The van der Waals surface area contributed by atoms with E-state index >= 15 is 4.39 Å². The van der Waals surface area contributed by atoms with Crippen molar-refractivity contribution < 1.29 is 27.2 Å². The normalized spacial score (nSPS) is 19.1. The van der Waals surface area contributed by atoms with Crippen molar-refractivity contribution in [2.75, 3.05) is 0 Å². The molecule has 0 saturated carbocycles. The minimum absolute atomic E-state index is 0.0343. The van der Waals surface area contributed by atoms with Gasteiger partial charge in [0.2, 0.25) is 11.8 Å². The zero-order valence-electron chi connectivity index (χ0n) is 17.2. The van der Waals surface area contributed by atoms with Gasteiger partial charge >= 0.3 is 6.18 Å². The number of hydrogen-bond acceptors (Lipinski definition) is 4. The van der Waals surface area contributed by atoms with Crippen LogP contribution in [0.2, 0.25) is 5.02 Å². The van der Waals surface area contributed by atoms with Crippen LogP contribution < -0.4 is 16.0 Å². The molecule has 1 aliphatic heterocycles. The lowest BCUT2D eigenvalue weighted by molar-refractivity contribution is -0.138. The smallest absolute Gasteiger partial charge is 0.352 e. The molecule has 2 aromatic rings. The van der Waals surface area contributed by atoms with Crippen molar-refractivity contribution >= 4 is 23.4 Å². The molecular formula is C21H21ClF4N4O2. The lowest BCUT2D eigenvalue weighted by Crippen LogP contribution is -2.47. The van der Waals surface area contributed by atoms with Crippen LogP contribution in [-0.2, 0) is 22.3 Å². The standard InChI is InChI=1S/C21H21ClF4N4O2/c1-10(2)20(32)28-8-11-3-5-13(22)17(18(11)23)19-29-15(7-16(31)30-19)14-6-4-12(9-27-14)21(24,25)26/h3-6,9-10,15,19,29H,7-8H2,1-2H3,(H,28,32)(H,30,31). The maximum atomic E-state index is 15.2. The fourth-order valence-electron chi connectivity index (χ4n) is 3.23. The SMILES string of the molecule is CC(C)C(=O)NCc1ccc(Cl)c(C2NC(=O)CC(c3ccc(C(F)(F)F)cn3)N2)c1F. The molecule has 172 valence electrons. The van der Waals surface area contributed by atoms with Gasteiger partial charge in [0.05, 0.1) is 22.3 Å². The van der Waals surface area contributed by atoms with Crippen LogP contribution in [0.15, 0.2) is 30.5 Å². The highest BCUT2D eigenvalue weighted by Gasteiger charge is 2.34. The van der Waals surface area contributed by atoms with Gasteiger partial charge in [0.1, 0.15) is 12.0 Å². The van der Waals surface area contributed by atoms with Crippen LogP contribution in [0.3, 0.4) is 0 Å². The number of carbonyl (C=O) groups excluding carboxylic acids is 2. The summed E-state index contributed by atoms with van der Waals surface area (Å²) in [5.41, 5.74) is -0.574. The van der Waals surface area contributed by atoms with E-state index in [4.69, 9.17) is 11.6 Å². The average molecular weight is 473 g/mol. The van der Waals surface area contributed by atoms with E-state index in [0.717, 1.165) is 6.07 Å². The Morgan fingerprint density at radius 2 is 2.00 bits per heavy atom. The number of benzene rings is 1. The summed E-state index contributed by atoms with van der Waals surface area (Å²) in [6.07, 6.45) is -4.99. The third-order valence-corrected chi connectivity index (χ3v) is 5.34. The van der Waals surface area contributed by atoms with Gasteiger partial charge in [-0.05, 0) is 18.2 Å². The summed E-state index contributed by atoms with van der Waals surface area (Å²) < 4.78 is 53.6. The monoisotopic (exact) mass is 472 g/mol. The molecule has 6 nitrogen and oxygen atoms in total. The van der Waals surface area contributed by atoms with E-state index in [0.29, 0.717) is 6.20 Å². The van der Waals surface area contributed by atoms with Gasteiger partial charge in [0.25, 0.3) is 0 Å². The summed E-state index contributed by atoms with van der Waals surface area (Å²) in [5.74, 6) is -1.69. The Balaban J connectivity index is 1.85.